The molecule has 0 saturated carbocycles. The molecule has 0 spiro atoms. The van der Waals surface area contributed by atoms with E-state index in [1.807, 2.05) is 0 Å². The van der Waals surface area contributed by atoms with Gasteiger partial charge in [-0.3, -0.25) is 14.4 Å². The highest BCUT2D eigenvalue weighted by molar-refractivity contribution is 6.06. The number of carboxylic acids is 1. The van der Waals surface area contributed by atoms with Crippen molar-refractivity contribution in [2.75, 3.05) is 5.32 Å². The standard InChI is InChI=1S/C19H17NO7/c1-10-16(19(24)25)5-4-6-17(10)20-18(23)13-7-14(26-11(2)21)9-15(8-13)27-12(3)22/h4-9H,1-3H3,(H,20,23)(H,24,25). The van der Waals surface area contributed by atoms with E-state index < -0.39 is 23.8 Å². The van der Waals surface area contributed by atoms with E-state index in [4.69, 9.17) is 9.47 Å². The number of hydrogen-bond acceptors (Lipinski definition) is 6. The minimum atomic E-state index is -1.11. The van der Waals surface area contributed by atoms with Crippen molar-refractivity contribution >= 4 is 29.5 Å². The second kappa shape index (κ2) is 8.13. The summed E-state index contributed by atoms with van der Waals surface area (Å²) in [5.41, 5.74) is 0.814. The summed E-state index contributed by atoms with van der Waals surface area (Å²) in [5.74, 6) is -2.86. The number of rotatable bonds is 5. The summed E-state index contributed by atoms with van der Waals surface area (Å²) in [6.45, 7) is 3.96. The molecule has 0 saturated heterocycles. The summed E-state index contributed by atoms with van der Waals surface area (Å²) in [5, 5.41) is 11.8. The van der Waals surface area contributed by atoms with Gasteiger partial charge in [0, 0.05) is 31.2 Å². The van der Waals surface area contributed by atoms with Gasteiger partial charge in [-0.2, -0.15) is 0 Å². The molecular weight excluding hydrogens is 354 g/mol. The number of benzene rings is 2. The Labute approximate surface area is 154 Å². The normalized spacial score (nSPS) is 10.0. The van der Waals surface area contributed by atoms with E-state index >= 15 is 0 Å². The van der Waals surface area contributed by atoms with Crippen molar-refractivity contribution < 1.29 is 33.8 Å². The van der Waals surface area contributed by atoms with Crippen LogP contribution in [-0.2, 0) is 9.59 Å². The molecule has 8 nitrogen and oxygen atoms in total. The van der Waals surface area contributed by atoms with Crippen LogP contribution in [-0.4, -0.2) is 28.9 Å². The molecule has 0 aliphatic rings. The van der Waals surface area contributed by atoms with Gasteiger partial charge in [-0.05, 0) is 36.8 Å². The van der Waals surface area contributed by atoms with Crippen LogP contribution in [0.2, 0.25) is 0 Å². The predicted molar refractivity (Wildman–Crippen MR) is 95.2 cm³/mol. The average Bonchev–Trinajstić information content (AvgIpc) is 2.54. The topological polar surface area (TPSA) is 119 Å². The quantitative estimate of drug-likeness (QED) is 0.613. The Hall–Kier alpha value is -3.68. The van der Waals surface area contributed by atoms with Crippen molar-refractivity contribution in [2.45, 2.75) is 20.8 Å². The van der Waals surface area contributed by atoms with Crippen molar-refractivity contribution in [2.24, 2.45) is 0 Å². The smallest absolute Gasteiger partial charge is 0.336 e. The third-order valence-electron chi connectivity index (χ3n) is 3.48. The fraction of sp³-hybridized carbons (Fsp3) is 0.158. The molecule has 0 heterocycles. The summed E-state index contributed by atoms with van der Waals surface area (Å²) < 4.78 is 9.93. The van der Waals surface area contributed by atoms with Gasteiger partial charge in [0.25, 0.3) is 5.91 Å². The Morgan fingerprint density at radius 2 is 1.48 bits per heavy atom. The summed E-state index contributed by atoms with van der Waals surface area (Å²) in [7, 11) is 0. The van der Waals surface area contributed by atoms with E-state index in [0.717, 1.165) is 0 Å². The molecule has 27 heavy (non-hydrogen) atoms. The largest absolute Gasteiger partial charge is 0.478 e. The lowest BCUT2D eigenvalue weighted by Crippen LogP contribution is -2.15. The molecule has 0 fully saturated rings. The molecule has 140 valence electrons. The van der Waals surface area contributed by atoms with Crippen LogP contribution in [0.25, 0.3) is 0 Å². The first-order valence-corrected chi connectivity index (χ1v) is 7.83. The number of esters is 2. The lowest BCUT2D eigenvalue weighted by Gasteiger charge is -2.12. The van der Waals surface area contributed by atoms with E-state index in [0.29, 0.717) is 11.3 Å². The number of aromatic carboxylic acids is 1. The maximum atomic E-state index is 12.6. The van der Waals surface area contributed by atoms with Crippen molar-refractivity contribution in [3.05, 3.63) is 53.1 Å². The summed E-state index contributed by atoms with van der Waals surface area (Å²) in [4.78, 5) is 46.2. The third kappa shape index (κ3) is 5.15. The van der Waals surface area contributed by atoms with Crippen LogP contribution in [0.1, 0.15) is 40.1 Å². The van der Waals surface area contributed by atoms with Gasteiger partial charge < -0.3 is 19.9 Å². The predicted octanol–water partition coefficient (Wildman–Crippen LogP) is 2.80. The molecule has 2 N–H and O–H groups in total. The number of anilines is 1. The zero-order valence-corrected chi connectivity index (χ0v) is 14.9. The number of nitrogens with one attached hydrogen (secondary N) is 1. The molecular formula is C19H17NO7. The average molecular weight is 371 g/mol. The number of carbonyl (C=O) groups is 4. The molecule has 1 amide bonds. The highest BCUT2D eigenvalue weighted by Crippen LogP contribution is 2.25. The van der Waals surface area contributed by atoms with E-state index in [1.54, 1.807) is 13.0 Å². The lowest BCUT2D eigenvalue weighted by atomic mass is 10.1. The Morgan fingerprint density at radius 1 is 0.926 bits per heavy atom. The highest BCUT2D eigenvalue weighted by Gasteiger charge is 2.16. The maximum absolute atomic E-state index is 12.6. The number of hydrogen-bond donors (Lipinski definition) is 2. The molecule has 2 aromatic carbocycles. The van der Waals surface area contributed by atoms with Crippen molar-refractivity contribution in [3.63, 3.8) is 0 Å². The molecule has 8 heteroatoms. The van der Waals surface area contributed by atoms with Gasteiger partial charge in [-0.15, -0.1) is 0 Å². The van der Waals surface area contributed by atoms with Gasteiger partial charge in [-0.1, -0.05) is 6.07 Å². The molecule has 0 aromatic heterocycles. The van der Waals surface area contributed by atoms with Gasteiger partial charge in [0.2, 0.25) is 0 Å². The van der Waals surface area contributed by atoms with Gasteiger partial charge in [-0.25, -0.2) is 4.79 Å². The SMILES string of the molecule is CC(=O)Oc1cc(OC(C)=O)cc(C(=O)Nc2cccc(C(=O)O)c2C)c1. The van der Waals surface area contributed by atoms with Crippen LogP contribution in [0.15, 0.2) is 36.4 Å². The monoisotopic (exact) mass is 371 g/mol. The molecule has 0 radical (unpaired) electrons. The van der Waals surface area contributed by atoms with Crippen LogP contribution in [0.5, 0.6) is 11.5 Å². The first-order valence-electron chi connectivity index (χ1n) is 7.83. The molecule has 0 atom stereocenters. The van der Waals surface area contributed by atoms with Crippen LogP contribution in [0, 0.1) is 6.92 Å². The minimum Gasteiger partial charge on any atom is -0.478 e. The van der Waals surface area contributed by atoms with E-state index in [-0.39, 0.29) is 22.6 Å². The molecule has 2 rings (SSSR count). The molecule has 0 aliphatic heterocycles. The Bertz CT molecular complexity index is 899. The second-order valence-corrected chi connectivity index (χ2v) is 5.62. The zero-order chi connectivity index (χ0) is 20.1. The minimum absolute atomic E-state index is 0.0300. The van der Waals surface area contributed by atoms with E-state index in [2.05, 4.69) is 5.32 Å². The van der Waals surface area contributed by atoms with E-state index in [1.165, 1.54) is 44.2 Å². The lowest BCUT2D eigenvalue weighted by molar-refractivity contribution is -0.132. The fourth-order valence-corrected chi connectivity index (χ4v) is 2.35. The molecule has 2 aromatic rings. The summed E-state index contributed by atoms with van der Waals surface area (Å²) >= 11 is 0. The second-order valence-electron chi connectivity index (χ2n) is 5.62. The fourth-order valence-electron chi connectivity index (χ4n) is 2.35. The van der Waals surface area contributed by atoms with Gasteiger partial charge in [0.05, 0.1) is 5.56 Å². The van der Waals surface area contributed by atoms with Crippen LogP contribution >= 0.6 is 0 Å². The van der Waals surface area contributed by atoms with Gasteiger partial charge in [0.1, 0.15) is 11.5 Å². The number of amides is 1. The Balaban J connectivity index is 2.37. The number of carbonyl (C=O) groups excluding carboxylic acids is 3. The zero-order valence-electron chi connectivity index (χ0n) is 14.9. The van der Waals surface area contributed by atoms with Crippen LogP contribution in [0.3, 0.4) is 0 Å². The van der Waals surface area contributed by atoms with Gasteiger partial charge in [0.15, 0.2) is 0 Å². The van der Waals surface area contributed by atoms with Crippen molar-refractivity contribution in [1.82, 2.24) is 0 Å². The first-order chi connectivity index (χ1) is 12.7. The molecule has 0 unspecified atom stereocenters. The maximum Gasteiger partial charge on any atom is 0.336 e. The summed E-state index contributed by atoms with van der Waals surface area (Å²) in [6, 6.07) is 8.40. The summed E-state index contributed by atoms with van der Waals surface area (Å²) in [6.07, 6.45) is 0. The first kappa shape index (κ1) is 19.6. The Morgan fingerprint density at radius 3 is 1.96 bits per heavy atom. The third-order valence-corrected chi connectivity index (χ3v) is 3.48. The van der Waals surface area contributed by atoms with Gasteiger partial charge >= 0.3 is 17.9 Å². The van der Waals surface area contributed by atoms with Crippen LogP contribution < -0.4 is 14.8 Å². The van der Waals surface area contributed by atoms with Crippen molar-refractivity contribution in [1.29, 1.82) is 0 Å². The molecule has 0 aliphatic carbocycles. The highest BCUT2D eigenvalue weighted by atomic mass is 16.5. The molecule has 0 bridgehead atoms. The van der Waals surface area contributed by atoms with Crippen molar-refractivity contribution in [3.8, 4) is 11.5 Å². The van der Waals surface area contributed by atoms with E-state index in [9.17, 15) is 24.3 Å². The van der Waals surface area contributed by atoms with Crippen LogP contribution in [0.4, 0.5) is 5.69 Å². The number of ether oxygens (including phenoxy) is 2. The Kier molecular flexibility index (Phi) is 5.92. The number of carboxylic acid groups (broad SMARTS) is 1.